The number of nitrogens with one attached hydrogen (secondary N) is 1. The van der Waals surface area contributed by atoms with Gasteiger partial charge in [0.2, 0.25) is 11.8 Å². The molecule has 1 heterocycles. The molecule has 5 aliphatic carbocycles. The third-order valence-corrected chi connectivity index (χ3v) is 10.8. The summed E-state index contributed by atoms with van der Waals surface area (Å²) in [6.07, 6.45) is 8.23. The second-order valence-corrected chi connectivity index (χ2v) is 14.1. The number of halogens is 1. The van der Waals surface area contributed by atoms with Crippen molar-refractivity contribution < 1.29 is 29.3 Å². The number of aliphatic hydroxyl groups is 2. The average Bonchev–Trinajstić information content (AvgIpc) is 3.47. The standard InChI is InChI=1S/C31H41IN2O6/c32-24-3-1-2-4-26(24)40-27-13-23(29(37)33-6-7-35)12-25(28(27)36)34(30(38)22-5-8-39-17-22)18-31-14-19-9-20(15-31)11-21(10-19)16-31/h1-4,13,19-22,25,27-28,35-36H,5-12,14-18H2,(H,33,37)/t19?,20?,21?,22?,25-,27+,28+,31?/m1/s1. The van der Waals surface area contributed by atoms with Crippen molar-refractivity contribution in [2.45, 2.75) is 69.6 Å². The molecule has 1 aliphatic heterocycles. The van der Waals surface area contributed by atoms with Crippen molar-refractivity contribution in [2.24, 2.45) is 29.1 Å². The molecule has 4 saturated carbocycles. The molecule has 1 aromatic carbocycles. The molecule has 0 spiro atoms. The Kier molecular flexibility index (Phi) is 8.45. The van der Waals surface area contributed by atoms with Gasteiger partial charge in [-0.3, -0.25) is 9.59 Å². The predicted molar refractivity (Wildman–Crippen MR) is 157 cm³/mol. The molecule has 40 heavy (non-hydrogen) atoms. The van der Waals surface area contributed by atoms with Crippen molar-refractivity contribution in [3.05, 3.63) is 39.5 Å². The second kappa shape index (κ2) is 11.9. The molecule has 2 amide bonds. The molecular weight excluding hydrogens is 623 g/mol. The third kappa shape index (κ3) is 5.80. The van der Waals surface area contributed by atoms with E-state index >= 15 is 0 Å². The van der Waals surface area contributed by atoms with E-state index < -0.39 is 18.2 Å². The maximum absolute atomic E-state index is 14.2. The Morgan fingerprint density at radius 3 is 2.45 bits per heavy atom. The fourth-order valence-corrected chi connectivity index (χ4v) is 9.15. The minimum atomic E-state index is -0.995. The van der Waals surface area contributed by atoms with E-state index in [1.807, 2.05) is 29.2 Å². The largest absolute Gasteiger partial charge is 0.482 e. The number of hydrogen-bond acceptors (Lipinski definition) is 6. The lowest BCUT2D eigenvalue weighted by Crippen LogP contribution is -2.60. The summed E-state index contributed by atoms with van der Waals surface area (Å²) < 4.78 is 12.9. The van der Waals surface area contributed by atoms with Crippen LogP contribution in [0.5, 0.6) is 5.75 Å². The van der Waals surface area contributed by atoms with Gasteiger partial charge in [-0.05, 0) is 109 Å². The van der Waals surface area contributed by atoms with E-state index in [0.717, 1.165) is 40.6 Å². The molecule has 3 N–H and O–H groups in total. The molecule has 1 aromatic rings. The number of amides is 2. The summed E-state index contributed by atoms with van der Waals surface area (Å²) in [6.45, 7) is 1.57. The highest BCUT2D eigenvalue weighted by Crippen LogP contribution is 2.60. The normalized spacial score (nSPS) is 36.3. The van der Waals surface area contributed by atoms with Gasteiger partial charge in [-0.1, -0.05) is 12.1 Å². The van der Waals surface area contributed by atoms with E-state index in [1.165, 1.54) is 19.3 Å². The molecule has 6 aliphatic rings. The molecule has 0 radical (unpaired) electrons. The van der Waals surface area contributed by atoms with E-state index in [-0.39, 0.29) is 42.7 Å². The summed E-state index contributed by atoms with van der Waals surface area (Å²) in [4.78, 5) is 29.3. The monoisotopic (exact) mass is 664 g/mol. The van der Waals surface area contributed by atoms with Gasteiger partial charge in [-0.15, -0.1) is 0 Å². The van der Waals surface area contributed by atoms with Crippen LogP contribution in [0.4, 0.5) is 0 Å². The number of ether oxygens (including phenoxy) is 2. The van der Waals surface area contributed by atoms with Gasteiger partial charge in [0.05, 0.1) is 28.7 Å². The van der Waals surface area contributed by atoms with Crippen molar-refractivity contribution in [1.82, 2.24) is 10.2 Å². The molecular formula is C31H41IN2O6. The topological polar surface area (TPSA) is 108 Å². The Balaban J connectivity index is 1.33. The molecule has 1 unspecified atom stereocenters. The fraction of sp³-hybridized carbons (Fsp3) is 0.677. The highest BCUT2D eigenvalue weighted by Gasteiger charge is 2.53. The van der Waals surface area contributed by atoms with Crippen molar-refractivity contribution in [1.29, 1.82) is 0 Å². The maximum Gasteiger partial charge on any atom is 0.247 e. The Labute approximate surface area is 250 Å². The first-order valence-corrected chi connectivity index (χ1v) is 16.0. The predicted octanol–water partition coefficient (Wildman–Crippen LogP) is 3.29. The summed E-state index contributed by atoms with van der Waals surface area (Å²) >= 11 is 2.20. The number of hydrogen-bond donors (Lipinski definition) is 3. The Hall–Kier alpha value is -1.69. The average molecular weight is 665 g/mol. The number of carbonyl (C=O) groups excluding carboxylic acids is 2. The third-order valence-electron chi connectivity index (χ3n) is 9.95. The first-order chi connectivity index (χ1) is 19.3. The van der Waals surface area contributed by atoms with Gasteiger partial charge >= 0.3 is 0 Å². The quantitative estimate of drug-likeness (QED) is 0.350. The van der Waals surface area contributed by atoms with Gasteiger partial charge < -0.3 is 29.9 Å². The van der Waals surface area contributed by atoms with Crippen LogP contribution in [0.3, 0.4) is 0 Å². The van der Waals surface area contributed by atoms with Crippen LogP contribution in [-0.2, 0) is 14.3 Å². The van der Waals surface area contributed by atoms with Gasteiger partial charge in [0.15, 0.2) is 0 Å². The lowest BCUT2D eigenvalue weighted by atomic mass is 9.49. The molecule has 7 rings (SSSR count). The van der Waals surface area contributed by atoms with Crippen molar-refractivity contribution in [3.8, 4) is 5.75 Å². The number of benzene rings is 1. The van der Waals surface area contributed by atoms with E-state index in [4.69, 9.17) is 9.47 Å². The first kappa shape index (κ1) is 28.4. The van der Waals surface area contributed by atoms with Gasteiger partial charge in [-0.2, -0.15) is 0 Å². The number of aliphatic hydroxyl groups excluding tert-OH is 2. The summed E-state index contributed by atoms with van der Waals surface area (Å²) in [5.74, 6) is 2.35. The lowest BCUT2D eigenvalue weighted by molar-refractivity contribution is -0.151. The van der Waals surface area contributed by atoms with Crippen molar-refractivity contribution >= 4 is 34.4 Å². The molecule has 8 nitrogen and oxygen atoms in total. The van der Waals surface area contributed by atoms with Crippen molar-refractivity contribution in [3.63, 3.8) is 0 Å². The molecule has 0 aromatic heterocycles. The van der Waals surface area contributed by atoms with Crippen molar-refractivity contribution in [2.75, 3.05) is 32.9 Å². The molecule has 1 saturated heterocycles. The van der Waals surface area contributed by atoms with Crippen LogP contribution in [-0.4, -0.2) is 78.1 Å². The molecule has 9 heteroatoms. The van der Waals surface area contributed by atoms with E-state index in [2.05, 4.69) is 27.9 Å². The Bertz CT molecular complexity index is 1100. The zero-order valence-corrected chi connectivity index (χ0v) is 25.1. The molecule has 5 fully saturated rings. The summed E-state index contributed by atoms with van der Waals surface area (Å²) in [5, 5.41) is 23.9. The zero-order chi connectivity index (χ0) is 27.9. The second-order valence-electron chi connectivity index (χ2n) is 12.9. The SMILES string of the molecule is O=C(NCCO)C1=C[C@H](Oc2ccccc2I)[C@@H](O)[C@H](N(CC23CC4CC(CC(C4)C2)C3)C(=O)C2CCOC2)C1. The number of carbonyl (C=O) groups is 2. The van der Waals surface area contributed by atoms with Gasteiger partial charge in [0.25, 0.3) is 0 Å². The Morgan fingerprint density at radius 2 is 1.82 bits per heavy atom. The molecule has 4 bridgehead atoms. The number of rotatable bonds is 9. The zero-order valence-electron chi connectivity index (χ0n) is 23.0. The van der Waals surface area contributed by atoms with Gasteiger partial charge in [-0.25, -0.2) is 0 Å². The molecule has 218 valence electrons. The van der Waals surface area contributed by atoms with Crippen LogP contribution < -0.4 is 10.1 Å². The van der Waals surface area contributed by atoms with Crippen LogP contribution in [0, 0.1) is 32.7 Å². The molecule has 4 atom stereocenters. The summed E-state index contributed by atoms with van der Waals surface area (Å²) in [5.41, 5.74) is 0.556. The van der Waals surface area contributed by atoms with Crippen LogP contribution in [0.1, 0.15) is 51.4 Å². The van der Waals surface area contributed by atoms with E-state index in [9.17, 15) is 19.8 Å². The Morgan fingerprint density at radius 1 is 1.12 bits per heavy atom. The first-order valence-electron chi connectivity index (χ1n) is 14.9. The minimum Gasteiger partial charge on any atom is -0.482 e. The smallest absolute Gasteiger partial charge is 0.247 e. The van der Waals surface area contributed by atoms with Gasteiger partial charge in [0, 0.05) is 31.7 Å². The van der Waals surface area contributed by atoms with Crippen LogP contribution in [0.2, 0.25) is 0 Å². The summed E-state index contributed by atoms with van der Waals surface area (Å²) in [6, 6.07) is 7.00. The van der Waals surface area contributed by atoms with Gasteiger partial charge in [0.1, 0.15) is 18.0 Å². The summed E-state index contributed by atoms with van der Waals surface area (Å²) in [7, 11) is 0. The van der Waals surface area contributed by atoms with Crippen LogP contribution >= 0.6 is 22.6 Å². The van der Waals surface area contributed by atoms with E-state index in [1.54, 1.807) is 6.08 Å². The van der Waals surface area contributed by atoms with Crippen LogP contribution in [0.25, 0.3) is 0 Å². The number of nitrogens with zero attached hydrogens (tertiary/aromatic N) is 1. The lowest BCUT2D eigenvalue weighted by Gasteiger charge is -2.58. The number of para-hydroxylation sites is 1. The highest BCUT2D eigenvalue weighted by atomic mass is 127. The highest BCUT2D eigenvalue weighted by molar-refractivity contribution is 14.1. The minimum absolute atomic E-state index is 0.0300. The van der Waals surface area contributed by atoms with E-state index in [0.29, 0.717) is 37.5 Å². The van der Waals surface area contributed by atoms with Crippen LogP contribution in [0.15, 0.2) is 35.9 Å². The fourth-order valence-electron chi connectivity index (χ4n) is 8.63. The maximum atomic E-state index is 14.2.